The van der Waals surface area contributed by atoms with Crippen LogP contribution in [0, 0.1) is 24.0 Å². The van der Waals surface area contributed by atoms with Crippen molar-refractivity contribution in [3.8, 4) is 0 Å². The summed E-state index contributed by atoms with van der Waals surface area (Å²) in [5.74, 6) is 1.37. The Morgan fingerprint density at radius 2 is 1.11 bits per heavy atom. The molecule has 0 spiro atoms. The Bertz CT molecular complexity index is 303. The van der Waals surface area contributed by atoms with Crippen LogP contribution in [-0.4, -0.2) is 0 Å². The average molecular weight is 376 g/mol. The van der Waals surface area contributed by atoms with Gasteiger partial charge in [0, 0.05) is 0 Å². The maximum Gasteiger partial charge on any atom is 4.00 e. The Balaban J connectivity index is -0.000000233. The van der Waals surface area contributed by atoms with E-state index in [4.69, 9.17) is 0 Å². The van der Waals surface area contributed by atoms with E-state index in [2.05, 4.69) is 64.2 Å². The summed E-state index contributed by atoms with van der Waals surface area (Å²) in [5, 5.41) is 0. The molecule has 0 aromatic carbocycles. The summed E-state index contributed by atoms with van der Waals surface area (Å²) < 4.78 is 0. The van der Waals surface area contributed by atoms with Gasteiger partial charge >= 0.3 is 26.2 Å². The molecule has 19 heavy (non-hydrogen) atoms. The molecule has 0 nitrogen and oxygen atoms in total. The van der Waals surface area contributed by atoms with Crippen molar-refractivity contribution >= 4 is 0 Å². The zero-order chi connectivity index (χ0) is 12.0. The van der Waals surface area contributed by atoms with Crippen LogP contribution in [0.25, 0.3) is 0 Å². The van der Waals surface area contributed by atoms with E-state index >= 15 is 0 Å². The van der Waals surface area contributed by atoms with Gasteiger partial charge in [0.15, 0.2) is 0 Å². The van der Waals surface area contributed by atoms with E-state index in [1.807, 2.05) is 0 Å². The van der Waals surface area contributed by atoms with Crippen molar-refractivity contribution in [1.82, 2.24) is 0 Å². The molecule has 0 saturated heterocycles. The molecule has 0 fully saturated rings. The largest absolute Gasteiger partial charge is 4.00 e. The molecule has 2 rings (SSSR count). The molecule has 3 heteroatoms. The van der Waals surface area contributed by atoms with Crippen LogP contribution in [0.3, 0.4) is 0 Å². The van der Waals surface area contributed by atoms with Gasteiger partial charge in [-0.3, -0.25) is 12.2 Å². The van der Waals surface area contributed by atoms with Gasteiger partial charge < -0.3 is 24.8 Å². The van der Waals surface area contributed by atoms with Crippen molar-refractivity contribution in [3.63, 3.8) is 0 Å². The molecule has 0 aromatic heterocycles. The molecule has 0 unspecified atom stereocenters. The van der Waals surface area contributed by atoms with Crippen LogP contribution in [0.5, 0.6) is 0 Å². The molecule has 2 aliphatic carbocycles. The maximum atomic E-state index is 3.14. The molecule has 0 aliphatic heterocycles. The molecule has 0 heterocycles. The van der Waals surface area contributed by atoms with Crippen LogP contribution in [0.1, 0.15) is 40.5 Å². The minimum Gasteiger partial charge on any atom is -1.00 e. The van der Waals surface area contributed by atoms with Crippen LogP contribution in [0.4, 0.5) is 0 Å². The van der Waals surface area contributed by atoms with E-state index in [0.29, 0.717) is 11.8 Å². The number of hydrogen-bond acceptors (Lipinski definition) is 0. The minimum absolute atomic E-state index is 0. The van der Waals surface area contributed by atoms with Gasteiger partial charge in [0.05, 0.1) is 0 Å². The Morgan fingerprint density at radius 3 is 1.21 bits per heavy atom. The van der Waals surface area contributed by atoms with Crippen molar-refractivity contribution in [1.29, 1.82) is 0 Å². The van der Waals surface area contributed by atoms with E-state index in [-0.39, 0.29) is 51.0 Å². The first-order valence-corrected chi connectivity index (χ1v) is 6.14. The first kappa shape index (κ1) is 24.4. The predicted molar refractivity (Wildman–Crippen MR) is 70.7 cm³/mol. The molecule has 0 aromatic rings. The standard InChI is InChI=1S/2C8H11.2ClH.Zr/c2*1-7(2)8-5-3-4-6-8;;;/h2*5-7H,3H2,1-2H3;2*1H;/q2*-1;;;+4/p-2. The van der Waals surface area contributed by atoms with Gasteiger partial charge in [-0.25, -0.2) is 12.2 Å². The zero-order valence-corrected chi connectivity index (χ0v) is 16.1. The van der Waals surface area contributed by atoms with Gasteiger partial charge in [0.1, 0.15) is 0 Å². The summed E-state index contributed by atoms with van der Waals surface area (Å²) in [6.45, 7) is 8.81. The number of hydrogen-bond donors (Lipinski definition) is 0. The fourth-order valence-corrected chi connectivity index (χ4v) is 1.63. The monoisotopic (exact) mass is 374 g/mol. The molecule has 0 bridgehead atoms. The van der Waals surface area contributed by atoms with Crippen LogP contribution in [-0.2, 0) is 26.2 Å². The normalized spacial score (nSPS) is 14.8. The van der Waals surface area contributed by atoms with Gasteiger partial charge in [-0.2, -0.15) is 23.3 Å². The van der Waals surface area contributed by atoms with Crippen LogP contribution in [0.15, 0.2) is 35.5 Å². The number of halogens is 2. The predicted octanol–water partition coefficient (Wildman–Crippen LogP) is -1.33. The van der Waals surface area contributed by atoms with Crippen molar-refractivity contribution < 1.29 is 51.0 Å². The molecule has 0 amide bonds. The van der Waals surface area contributed by atoms with E-state index < -0.39 is 0 Å². The fraction of sp³-hybridized carbons (Fsp3) is 0.500. The maximum absolute atomic E-state index is 3.14. The number of rotatable bonds is 2. The van der Waals surface area contributed by atoms with E-state index in [1.165, 1.54) is 11.1 Å². The second-order valence-corrected chi connectivity index (χ2v) is 4.82. The summed E-state index contributed by atoms with van der Waals surface area (Å²) >= 11 is 0. The third-order valence-corrected chi connectivity index (χ3v) is 2.78. The van der Waals surface area contributed by atoms with Gasteiger partial charge in [-0.05, 0) is 0 Å². The first-order chi connectivity index (χ1) is 7.61. The van der Waals surface area contributed by atoms with Crippen LogP contribution in [0.2, 0.25) is 0 Å². The Morgan fingerprint density at radius 1 is 0.789 bits per heavy atom. The third kappa shape index (κ3) is 9.88. The SMILES string of the molecule is CC(C)C1=CC[C-]=C1.CC(C)C1=CC[C-]=C1.[Cl-].[Cl-].[Zr+4]. The molecular weight excluding hydrogens is 354 g/mol. The first-order valence-electron chi connectivity index (χ1n) is 6.14. The summed E-state index contributed by atoms with van der Waals surface area (Å²) in [4.78, 5) is 0. The third-order valence-electron chi connectivity index (χ3n) is 2.78. The van der Waals surface area contributed by atoms with E-state index in [9.17, 15) is 0 Å². The number of allylic oxidation sites excluding steroid dienone is 8. The van der Waals surface area contributed by atoms with Crippen molar-refractivity contribution in [2.24, 2.45) is 11.8 Å². The summed E-state index contributed by atoms with van der Waals surface area (Å²) in [6, 6.07) is 0. The van der Waals surface area contributed by atoms with E-state index in [1.54, 1.807) is 0 Å². The molecule has 0 atom stereocenters. The van der Waals surface area contributed by atoms with Crippen LogP contribution < -0.4 is 24.8 Å². The van der Waals surface area contributed by atoms with Gasteiger partial charge in [-0.15, -0.1) is 12.8 Å². The van der Waals surface area contributed by atoms with Gasteiger partial charge in [0.25, 0.3) is 0 Å². The molecular formula is C16H22Cl2Zr. The second kappa shape index (κ2) is 13.4. The summed E-state index contributed by atoms with van der Waals surface area (Å²) in [7, 11) is 0. The quantitative estimate of drug-likeness (QED) is 0.524. The van der Waals surface area contributed by atoms with Crippen molar-refractivity contribution in [2.45, 2.75) is 40.5 Å². The Hall–Kier alpha value is 0.423. The van der Waals surface area contributed by atoms with Crippen LogP contribution >= 0.6 is 0 Å². The average Bonchev–Trinajstić information content (AvgIpc) is 2.93. The van der Waals surface area contributed by atoms with Crippen molar-refractivity contribution in [3.05, 3.63) is 47.6 Å². The zero-order valence-electron chi connectivity index (χ0n) is 12.1. The van der Waals surface area contributed by atoms with Gasteiger partial charge in [0.2, 0.25) is 0 Å². The van der Waals surface area contributed by atoms with E-state index in [0.717, 1.165) is 12.8 Å². The molecule has 104 valence electrons. The Labute approximate surface area is 150 Å². The fourth-order valence-electron chi connectivity index (χ4n) is 1.63. The molecule has 0 N–H and O–H groups in total. The van der Waals surface area contributed by atoms with Gasteiger partial charge in [-0.1, -0.05) is 39.5 Å². The van der Waals surface area contributed by atoms with Crippen molar-refractivity contribution in [2.75, 3.05) is 0 Å². The summed E-state index contributed by atoms with van der Waals surface area (Å²) in [6.07, 6.45) is 16.9. The molecule has 0 saturated carbocycles. The Kier molecular flexibility index (Phi) is 17.2. The molecule has 2 aliphatic rings. The topological polar surface area (TPSA) is 0 Å². The molecule has 0 radical (unpaired) electrons. The second-order valence-electron chi connectivity index (χ2n) is 4.82. The smallest absolute Gasteiger partial charge is 1.00 e. The summed E-state index contributed by atoms with van der Waals surface area (Å²) in [5.41, 5.74) is 2.87. The minimum atomic E-state index is 0.